The maximum absolute atomic E-state index is 12.4. The molecule has 26 heavy (non-hydrogen) atoms. The molecule has 3 N–H and O–H groups in total. The molecule has 1 aromatic rings. The Labute approximate surface area is 154 Å². The SMILES string of the molecule is COCCNS(=O)(=O)c1ccc(CNC(=O)C2CC23CCNCC3)cc1. The summed E-state index contributed by atoms with van der Waals surface area (Å²) in [4.78, 5) is 12.6. The van der Waals surface area contributed by atoms with Crippen LogP contribution in [-0.4, -0.2) is 47.7 Å². The smallest absolute Gasteiger partial charge is 0.240 e. The molecule has 8 heteroatoms. The average molecular weight is 381 g/mol. The first-order valence-electron chi connectivity index (χ1n) is 9.03. The lowest BCUT2D eigenvalue weighted by Crippen LogP contribution is -2.33. The summed E-state index contributed by atoms with van der Waals surface area (Å²) in [5, 5.41) is 6.33. The van der Waals surface area contributed by atoms with Crippen molar-refractivity contribution in [3.8, 4) is 0 Å². The van der Waals surface area contributed by atoms with Crippen molar-refractivity contribution in [1.29, 1.82) is 0 Å². The molecule has 2 aliphatic rings. The van der Waals surface area contributed by atoms with E-state index in [9.17, 15) is 13.2 Å². The van der Waals surface area contributed by atoms with Gasteiger partial charge in [-0.15, -0.1) is 0 Å². The van der Waals surface area contributed by atoms with Crippen LogP contribution in [-0.2, 0) is 26.1 Å². The predicted molar refractivity (Wildman–Crippen MR) is 98.0 cm³/mol. The Kier molecular flexibility index (Phi) is 5.96. The van der Waals surface area contributed by atoms with Crippen molar-refractivity contribution < 1.29 is 17.9 Å². The van der Waals surface area contributed by atoms with Crippen LogP contribution in [0.5, 0.6) is 0 Å². The number of ether oxygens (including phenoxy) is 1. The minimum absolute atomic E-state index is 0.116. The summed E-state index contributed by atoms with van der Waals surface area (Å²) < 4.78 is 31.5. The Morgan fingerprint density at radius 3 is 2.62 bits per heavy atom. The summed E-state index contributed by atoms with van der Waals surface area (Å²) >= 11 is 0. The summed E-state index contributed by atoms with van der Waals surface area (Å²) in [6, 6.07) is 6.58. The van der Waals surface area contributed by atoms with E-state index in [1.807, 2.05) is 0 Å². The molecule has 1 heterocycles. The average Bonchev–Trinajstić information content (AvgIpc) is 3.33. The molecule has 0 bridgehead atoms. The Hall–Kier alpha value is -1.48. The number of rotatable bonds is 8. The summed E-state index contributed by atoms with van der Waals surface area (Å²) in [7, 11) is -2.01. The fourth-order valence-electron chi connectivity index (χ4n) is 3.66. The third-order valence-electron chi connectivity index (χ3n) is 5.40. The summed E-state index contributed by atoms with van der Waals surface area (Å²) in [5.41, 5.74) is 1.11. The second-order valence-electron chi connectivity index (χ2n) is 7.12. The summed E-state index contributed by atoms with van der Waals surface area (Å²) in [6.07, 6.45) is 3.15. The second kappa shape index (κ2) is 8.04. The highest BCUT2D eigenvalue weighted by Crippen LogP contribution is 2.58. The van der Waals surface area contributed by atoms with Crippen molar-refractivity contribution in [2.24, 2.45) is 11.3 Å². The standard InChI is InChI=1S/C18H27N3O4S/c1-25-11-10-21-26(23,24)15-4-2-14(3-5-15)13-20-17(22)16-12-18(16)6-8-19-9-7-18/h2-5,16,19,21H,6-13H2,1H3,(H,20,22). The van der Waals surface area contributed by atoms with E-state index in [0.29, 0.717) is 13.2 Å². The number of carbonyl (C=O) groups is 1. The first kappa shape index (κ1) is 19.3. The van der Waals surface area contributed by atoms with Gasteiger partial charge in [0.2, 0.25) is 15.9 Å². The van der Waals surface area contributed by atoms with E-state index in [4.69, 9.17) is 4.74 Å². The maximum atomic E-state index is 12.4. The lowest BCUT2D eigenvalue weighted by atomic mass is 9.92. The van der Waals surface area contributed by atoms with Crippen molar-refractivity contribution in [1.82, 2.24) is 15.4 Å². The van der Waals surface area contributed by atoms with E-state index in [1.54, 1.807) is 24.3 Å². The molecule has 3 rings (SSSR count). The number of carbonyl (C=O) groups excluding carboxylic acids is 1. The third-order valence-corrected chi connectivity index (χ3v) is 6.88. The van der Waals surface area contributed by atoms with E-state index in [0.717, 1.165) is 37.9 Å². The molecule has 1 unspecified atom stereocenters. The van der Waals surface area contributed by atoms with Crippen LogP contribution in [0.25, 0.3) is 0 Å². The molecule has 1 aliphatic carbocycles. The largest absolute Gasteiger partial charge is 0.383 e. The van der Waals surface area contributed by atoms with Crippen LogP contribution >= 0.6 is 0 Å². The minimum atomic E-state index is -3.53. The molecule has 1 amide bonds. The first-order valence-corrected chi connectivity index (χ1v) is 10.5. The van der Waals surface area contributed by atoms with E-state index >= 15 is 0 Å². The van der Waals surface area contributed by atoms with E-state index in [-0.39, 0.29) is 28.7 Å². The Bertz CT molecular complexity index is 727. The van der Waals surface area contributed by atoms with Gasteiger partial charge in [0.25, 0.3) is 0 Å². The first-order chi connectivity index (χ1) is 12.5. The number of hydrogen-bond acceptors (Lipinski definition) is 5. The van der Waals surface area contributed by atoms with Crippen molar-refractivity contribution >= 4 is 15.9 Å². The highest BCUT2D eigenvalue weighted by molar-refractivity contribution is 7.89. The van der Waals surface area contributed by atoms with Gasteiger partial charge in [-0.1, -0.05) is 12.1 Å². The van der Waals surface area contributed by atoms with E-state index in [1.165, 1.54) is 7.11 Å². The van der Waals surface area contributed by atoms with E-state index < -0.39 is 10.0 Å². The van der Waals surface area contributed by atoms with Gasteiger partial charge in [0.05, 0.1) is 11.5 Å². The number of amides is 1. The molecule has 1 atom stereocenters. The van der Waals surface area contributed by atoms with Crippen LogP contribution in [0.3, 0.4) is 0 Å². The van der Waals surface area contributed by atoms with Gasteiger partial charge in [0.15, 0.2) is 0 Å². The lowest BCUT2D eigenvalue weighted by molar-refractivity contribution is -0.123. The highest BCUT2D eigenvalue weighted by atomic mass is 32.2. The Balaban J connectivity index is 1.49. The number of hydrogen-bond donors (Lipinski definition) is 3. The van der Waals surface area contributed by atoms with Crippen molar-refractivity contribution in [3.05, 3.63) is 29.8 Å². The molecule has 144 valence electrons. The highest BCUT2D eigenvalue weighted by Gasteiger charge is 2.57. The van der Waals surface area contributed by atoms with Crippen molar-refractivity contribution in [2.45, 2.75) is 30.7 Å². The van der Waals surface area contributed by atoms with Gasteiger partial charge >= 0.3 is 0 Å². The number of sulfonamides is 1. The van der Waals surface area contributed by atoms with Gasteiger partial charge in [-0.25, -0.2) is 13.1 Å². The number of methoxy groups -OCH3 is 1. The Morgan fingerprint density at radius 2 is 1.96 bits per heavy atom. The molecule has 1 aliphatic heterocycles. The zero-order chi connectivity index (χ0) is 18.6. The van der Waals surface area contributed by atoms with Gasteiger partial charge in [-0.05, 0) is 55.5 Å². The number of piperidine rings is 1. The normalized spacial score (nSPS) is 21.5. The summed E-state index contributed by atoms with van der Waals surface area (Å²) in [6.45, 7) is 2.97. The molecule has 1 spiro atoms. The monoisotopic (exact) mass is 381 g/mol. The fraction of sp³-hybridized carbons (Fsp3) is 0.611. The zero-order valence-electron chi connectivity index (χ0n) is 15.1. The Morgan fingerprint density at radius 1 is 1.27 bits per heavy atom. The molecule has 2 fully saturated rings. The zero-order valence-corrected chi connectivity index (χ0v) is 15.9. The van der Waals surface area contributed by atoms with Crippen LogP contribution in [0.1, 0.15) is 24.8 Å². The van der Waals surface area contributed by atoms with Crippen LogP contribution < -0.4 is 15.4 Å². The van der Waals surface area contributed by atoms with E-state index in [2.05, 4.69) is 15.4 Å². The van der Waals surface area contributed by atoms with Crippen LogP contribution in [0.15, 0.2) is 29.2 Å². The molecule has 0 aromatic heterocycles. The quantitative estimate of drug-likeness (QED) is 0.574. The van der Waals surface area contributed by atoms with Crippen LogP contribution in [0.2, 0.25) is 0 Å². The van der Waals surface area contributed by atoms with Crippen LogP contribution in [0, 0.1) is 11.3 Å². The topological polar surface area (TPSA) is 96.5 Å². The number of benzene rings is 1. The molecule has 1 aromatic carbocycles. The minimum Gasteiger partial charge on any atom is -0.383 e. The molecule has 1 saturated carbocycles. The molecular weight excluding hydrogens is 354 g/mol. The molecule has 1 saturated heterocycles. The van der Waals surface area contributed by atoms with Crippen LogP contribution in [0.4, 0.5) is 0 Å². The third kappa shape index (κ3) is 4.43. The molecule has 0 radical (unpaired) electrons. The molecular formula is C18H27N3O4S. The lowest BCUT2D eigenvalue weighted by Gasteiger charge is -2.23. The predicted octanol–water partition coefficient (Wildman–Crippen LogP) is 0.617. The fourth-order valence-corrected chi connectivity index (χ4v) is 4.67. The summed E-state index contributed by atoms with van der Waals surface area (Å²) in [5.74, 6) is 0.249. The van der Waals surface area contributed by atoms with Gasteiger partial charge in [-0.3, -0.25) is 4.79 Å². The van der Waals surface area contributed by atoms with Crippen molar-refractivity contribution in [2.75, 3.05) is 33.4 Å². The van der Waals surface area contributed by atoms with Gasteiger partial charge in [0, 0.05) is 26.1 Å². The van der Waals surface area contributed by atoms with Gasteiger partial charge < -0.3 is 15.4 Å². The molecule has 7 nitrogen and oxygen atoms in total. The second-order valence-corrected chi connectivity index (χ2v) is 8.89. The van der Waals surface area contributed by atoms with Crippen molar-refractivity contribution in [3.63, 3.8) is 0 Å². The van der Waals surface area contributed by atoms with Gasteiger partial charge in [-0.2, -0.15) is 0 Å². The number of nitrogens with one attached hydrogen (secondary N) is 3. The maximum Gasteiger partial charge on any atom is 0.240 e. The van der Waals surface area contributed by atoms with Gasteiger partial charge in [0.1, 0.15) is 0 Å².